The van der Waals surface area contributed by atoms with E-state index in [0.717, 1.165) is 33.5 Å². The summed E-state index contributed by atoms with van der Waals surface area (Å²) in [6, 6.07) is 5.97. The molecule has 13 heteroatoms. The molecule has 2 amide bonds. The van der Waals surface area contributed by atoms with Gasteiger partial charge in [0, 0.05) is 20.1 Å². The minimum Gasteiger partial charge on any atom is -0.451 e. The molecule has 0 heterocycles. The van der Waals surface area contributed by atoms with Gasteiger partial charge >= 0.3 is 6.09 Å². The number of hydrogen-bond acceptors (Lipinski definition) is 6. The second-order valence-corrected chi connectivity index (χ2v) is 8.03. The minimum atomic E-state index is -2.26. The van der Waals surface area contributed by atoms with E-state index in [0.29, 0.717) is 0 Å². The smallest absolute Gasteiger partial charge is 0.409 e. The predicted molar refractivity (Wildman–Crippen MR) is 120 cm³/mol. The Morgan fingerprint density at radius 1 is 1.09 bits per heavy atom. The zero-order valence-electron chi connectivity index (χ0n) is 18.9. The topological polar surface area (TPSA) is 108 Å². The second kappa shape index (κ2) is 14.6. The Bertz CT molecular complexity index is 1030. The van der Waals surface area contributed by atoms with Gasteiger partial charge < -0.3 is 14.4 Å². The predicted octanol–water partition coefficient (Wildman–Crippen LogP) is 3.06. The number of rotatable bonds is 10. The standard InChI is InChI=1S/C20H22F3N3O6S.C2H2/c1-3-31-20(28)25(2)8-9-26(12-18(27)24-29)33(30)15-10-16(22)19(17(23)11-15)32-14-6-4-13(21)5-7-14;1-2/h4-7,10-11,29H,3,8-9,12H2,1-2H3,(H,24,27);1-2H. The SMILES string of the molecule is C#C.CCOC(=O)N(C)CCN(CC(=O)NO)S(=O)c1cc(F)c(Oc2ccc(F)cc2)c(F)c1. The van der Waals surface area contributed by atoms with E-state index in [1.807, 2.05) is 0 Å². The summed E-state index contributed by atoms with van der Waals surface area (Å²) >= 11 is 0. The van der Waals surface area contributed by atoms with Gasteiger partial charge in [0.25, 0.3) is 5.91 Å². The summed E-state index contributed by atoms with van der Waals surface area (Å²) in [5.74, 6) is -4.67. The number of terminal acetylenes is 1. The van der Waals surface area contributed by atoms with Gasteiger partial charge in [0.1, 0.15) is 22.6 Å². The van der Waals surface area contributed by atoms with Crippen molar-refractivity contribution in [1.82, 2.24) is 14.7 Å². The van der Waals surface area contributed by atoms with Crippen LogP contribution in [0.1, 0.15) is 6.92 Å². The molecule has 1 unspecified atom stereocenters. The highest BCUT2D eigenvalue weighted by molar-refractivity contribution is 7.82. The molecule has 0 bridgehead atoms. The molecular formula is C22H24F3N3O6S. The fourth-order valence-electron chi connectivity index (χ4n) is 2.51. The van der Waals surface area contributed by atoms with E-state index in [1.54, 1.807) is 6.92 Å². The van der Waals surface area contributed by atoms with Crippen LogP contribution in [-0.2, 0) is 20.5 Å². The van der Waals surface area contributed by atoms with E-state index in [1.165, 1.54) is 24.7 Å². The molecule has 0 fully saturated rings. The first-order chi connectivity index (χ1) is 16.7. The van der Waals surface area contributed by atoms with Crippen molar-refractivity contribution in [3.63, 3.8) is 0 Å². The summed E-state index contributed by atoms with van der Waals surface area (Å²) < 4.78 is 66.0. The highest BCUT2D eigenvalue weighted by Gasteiger charge is 2.24. The number of benzene rings is 2. The zero-order chi connectivity index (χ0) is 26.5. The van der Waals surface area contributed by atoms with Crippen LogP contribution in [0.25, 0.3) is 0 Å². The molecule has 1 atom stereocenters. The van der Waals surface area contributed by atoms with Crippen molar-refractivity contribution in [2.45, 2.75) is 11.8 Å². The number of nitrogens with one attached hydrogen (secondary N) is 1. The number of nitrogens with zero attached hydrogens (tertiary/aromatic N) is 2. The molecule has 35 heavy (non-hydrogen) atoms. The molecule has 0 aromatic heterocycles. The first kappa shape index (κ1) is 29.4. The molecule has 0 saturated carbocycles. The van der Waals surface area contributed by atoms with Crippen LogP contribution in [0.3, 0.4) is 0 Å². The quantitative estimate of drug-likeness (QED) is 0.286. The van der Waals surface area contributed by atoms with Crippen LogP contribution in [-0.4, -0.2) is 63.9 Å². The van der Waals surface area contributed by atoms with E-state index in [-0.39, 0.29) is 30.3 Å². The molecule has 0 saturated heterocycles. The van der Waals surface area contributed by atoms with Crippen molar-refractivity contribution in [3.8, 4) is 24.3 Å². The summed E-state index contributed by atoms with van der Waals surface area (Å²) in [4.78, 5) is 24.2. The lowest BCUT2D eigenvalue weighted by atomic mass is 10.3. The van der Waals surface area contributed by atoms with Gasteiger partial charge in [0.15, 0.2) is 17.4 Å². The molecule has 0 aliphatic heterocycles. The number of carbonyl (C=O) groups is 2. The third-order valence-electron chi connectivity index (χ3n) is 4.15. The molecule has 2 rings (SSSR count). The molecule has 2 aromatic rings. The van der Waals surface area contributed by atoms with E-state index in [4.69, 9.17) is 14.7 Å². The Morgan fingerprint density at radius 3 is 2.17 bits per heavy atom. The van der Waals surface area contributed by atoms with Crippen LogP contribution in [0.2, 0.25) is 0 Å². The lowest BCUT2D eigenvalue weighted by Crippen LogP contribution is -2.42. The molecule has 2 aromatic carbocycles. The summed E-state index contributed by atoms with van der Waals surface area (Å²) in [5.41, 5.74) is 1.38. The van der Waals surface area contributed by atoms with E-state index >= 15 is 0 Å². The van der Waals surface area contributed by atoms with Gasteiger partial charge in [-0.25, -0.2) is 32.0 Å². The zero-order valence-corrected chi connectivity index (χ0v) is 19.7. The van der Waals surface area contributed by atoms with E-state index in [9.17, 15) is 27.0 Å². The Labute approximate surface area is 203 Å². The summed E-state index contributed by atoms with van der Waals surface area (Å²) in [5, 5.41) is 8.78. The summed E-state index contributed by atoms with van der Waals surface area (Å²) in [6.45, 7) is 0.950. The maximum Gasteiger partial charge on any atom is 0.409 e. The van der Waals surface area contributed by atoms with E-state index in [2.05, 4.69) is 12.8 Å². The third-order valence-corrected chi connectivity index (χ3v) is 5.57. The molecule has 9 nitrogen and oxygen atoms in total. The largest absolute Gasteiger partial charge is 0.451 e. The molecule has 0 radical (unpaired) electrons. The van der Waals surface area contributed by atoms with Crippen LogP contribution in [0.4, 0.5) is 18.0 Å². The van der Waals surface area contributed by atoms with Gasteiger partial charge in [0.05, 0.1) is 18.0 Å². The fourth-order valence-corrected chi connectivity index (χ4v) is 3.70. The van der Waals surface area contributed by atoms with Crippen LogP contribution >= 0.6 is 0 Å². The van der Waals surface area contributed by atoms with Crippen LogP contribution in [0.15, 0.2) is 41.3 Å². The Hall–Kier alpha value is -3.60. The van der Waals surface area contributed by atoms with Crippen molar-refractivity contribution in [2.24, 2.45) is 0 Å². The number of hydroxylamine groups is 1. The van der Waals surface area contributed by atoms with Crippen molar-refractivity contribution in [1.29, 1.82) is 0 Å². The van der Waals surface area contributed by atoms with Crippen molar-refractivity contribution >= 4 is 23.0 Å². The van der Waals surface area contributed by atoms with E-state index < -0.39 is 52.7 Å². The average Bonchev–Trinajstić information content (AvgIpc) is 2.85. The molecule has 0 aliphatic rings. The maximum absolute atomic E-state index is 14.6. The highest BCUT2D eigenvalue weighted by atomic mass is 32.2. The highest BCUT2D eigenvalue weighted by Crippen LogP contribution is 2.30. The van der Waals surface area contributed by atoms with Crippen LogP contribution < -0.4 is 10.2 Å². The Balaban J connectivity index is 0.00000298. The first-order valence-corrected chi connectivity index (χ1v) is 11.0. The lowest BCUT2D eigenvalue weighted by Gasteiger charge is -2.23. The number of ether oxygens (including phenoxy) is 2. The van der Waals surface area contributed by atoms with Gasteiger partial charge in [0.2, 0.25) is 0 Å². The van der Waals surface area contributed by atoms with Gasteiger partial charge in [-0.2, -0.15) is 0 Å². The number of carbonyl (C=O) groups excluding carboxylic acids is 2. The van der Waals surface area contributed by atoms with Gasteiger partial charge in [-0.1, -0.05) is 0 Å². The fraction of sp³-hybridized carbons (Fsp3) is 0.273. The number of halogens is 3. The average molecular weight is 516 g/mol. The first-order valence-electron chi connectivity index (χ1n) is 9.89. The van der Waals surface area contributed by atoms with Crippen molar-refractivity contribution in [2.75, 3.05) is 33.3 Å². The second-order valence-electron chi connectivity index (χ2n) is 6.54. The Kier molecular flexibility index (Phi) is 12.3. The third kappa shape index (κ3) is 8.93. The van der Waals surface area contributed by atoms with Gasteiger partial charge in [-0.05, 0) is 43.3 Å². The van der Waals surface area contributed by atoms with Crippen LogP contribution in [0, 0.1) is 30.3 Å². The van der Waals surface area contributed by atoms with Gasteiger partial charge in [-0.15, -0.1) is 12.8 Å². The number of likely N-dealkylation sites (N-methyl/N-ethyl adjacent to an activating group) is 1. The minimum absolute atomic E-state index is 0.0219. The number of hydrogen-bond donors (Lipinski definition) is 2. The molecular weight excluding hydrogens is 491 g/mol. The van der Waals surface area contributed by atoms with Crippen molar-refractivity contribution < 1.29 is 41.7 Å². The molecule has 190 valence electrons. The Morgan fingerprint density at radius 2 is 1.66 bits per heavy atom. The molecule has 0 aliphatic carbocycles. The maximum atomic E-state index is 14.6. The number of amides is 2. The monoisotopic (exact) mass is 515 g/mol. The summed E-state index contributed by atoms with van der Waals surface area (Å²) in [6.07, 6.45) is 7.34. The molecule has 0 spiro atoms. The summed E-state index contributed by atoms with van der Waals surface area (Å²) in [7, 11) is -0.849. The molecule has 2 N–H and O–H groups in total. The van der Waals surface area contributed by atoms with Crippen molar-refractivity contribution in [3.05, 3.63) is 53.8 Å². The lowest BCUT2D eigenvalue weighted by molar-refractivity contribution is -0.129. The van der Waals surface area contributed by atoms with Gasteiger partial charge in [-0.3, -0.25) is 10.0 Å². The van der Waals surface area contributed by atoms with Crippen LogP contribution in [0.5, 0.6) is 11.5 Å². The normalized spacial score (nSPS) is 11.1.